The number of ether oxygens (including phenoxy) is 3. The minimum Gasteiger partial charge on any atom is -0.508 e. The second-order valence-corrected chi connectivity index (χ2v) is 8.74. The predicted octanol–water partition coefficient (Wildman–Crippen LogP) is 0.0128. The van der Waals surface area contributed by atoms with Crippen molar-refractivity contribution < 1.29 is 49.3 Å². The Morgan fingerprint density at radius 1 is 1.16 bits per heavy atom. The molecule has 0 bridgehead atoms. The van der Waals surface area contributed by atoms with Gasteiger partial charge in [-0.3, -0.25) is 9.59 Å². The van der Waals surface area contributed by atoms with E-state index < -0.39 is 53.5 Å². The van der Waals surface area contributed by atoms with Crippen LogP contribution in [0.15, 0.2) is 24.3 Å². The number of phenolic OH excluding ortho intramolecular Hbond substituents is 1. The molecule has 1 spiro atoms. The molecule has 170 valence electrons. The Morgan fingerprint density at radius 3 is 2.48 bits per heavy atom. The van der Waals surface area contributed by atoms with Gasteiger partial charge in [-0.2, -0.15) is 0 Å². The number of rotatable bonds is 3. The third-order valence-electron chi connectivity index (χ3n) is 6.74. The minimum absolute atomic E-state index is 0.0215. The molecule has 2 aliphatic heterocycles. The molecule has 1 aromatic carbocycles. The summed E-state index contributed by atoms with van der Waals surface area (Å²) in [5.74, 6) is -5.24. The van der Waals surface area contributed by atoms with E-state index in [1.807, 2.05) is 0 Å². The second kappa shape index (κ2) is 7.72. The number of carbonyl (C=O) groups excluding carboxylic acids is 1. The number of aliphatic carboxylic acids is 1. The molecule has 31 heavy (non-hydrogen) atoms. The first-order valence-electron chi connectivity index (χ1n) is 10.2. The number of hydrogen-bond donors (Lipinski definition) is 5. The lowest BCUT2D eigenvalue weighted by molar-refractivity contribution is -0.293. The molecule has 0 aromatic heterocycles. The van der Waals surface area contributed by atoms with Crippen LogP contribution in [0.25, 0.3) is 0 Å². The number of esters is 1. The number of carboxylic acids is 1. The second-order valence-electron chi connectivity index (χ2n) is 8.74. The smallest absolute Gasteiger partial charge is 0.314 e. The van der Waals surface area contributed by atoms with E-state index in [0.717, 1.165) is 0 Å². The zero-order chi connectivity index (χ0) is 22.6. The van der Waals surface area contributed by atoms with Crippen molar-refractivity contribution in [3.63, 3.8) is 0 Å². The molecule has 1 aliphatic carbocycles. The van der Waals surface area contributed by atoms with Gasteiger partial charge in [0, 0.05) is 6.42 Å². The fourth-order valence-corrected chi connectivity index (χ4v) is 4.83. The molecule has 1 aromatic rings. The number of carboxylic acid groups (broad SMARTS) is 1. The molecule has 0 amide bonds. The molecule has 2 saturated heterocycles. The molecular formula is C21H26O10. The standard InChI is InChI=1S/C21H26O10/c1-10-9-29-20(8-14(10)18(26)30-13-4-2-12(22)3-5-13)19(27)21(28)15(23)6-11(17(24)25)7-16(21)31-20/h2-5,10-11,14-16,19,22-23,27-28H,6-9H2,1H3,(H,24,25)/t10-,11-,14+,15-,16+,19-,20-,21+/m0/s1. The maximum Gasteiger partial charge on any atom is 0.314 e. The molecule has 10 nitrogen and oxygen atoms in total. The van der Waals surface area contributed by atoms with E-state index >= 15 is 0 Å². The summed E-state index contributed by atoms with van der Waals surface area (Å²) >= 11 is 0. The van der Waals surface area contributed by atoms with E-state index in [2.05, 4.69) is 0 Å². The van der Waals surface area contributed by atoms with Crippen LogP contribution in [0.5, 0.6) is 11.5 Å². The van der Waals surface area contributed by atoms with Crippen molar-refractivity contribution in [2.75, 3.05) is 6.61 Å². The van der Waals surface area contributed by atoms with Crippen molar-refractivity contribution in [2.45, 2.75) is 55.9 Å². The topological polar surface area (TPSA) is 163 Å². The van der Waals surface area contributed by atoms with Crippen molar-refractivity contribution in [3.05, 3.63) is 24.3 Å². The summed E-state index contributed by atoms with van der Waals surface area (Å²) < 4.78 is 17.0. The number of hydrogen-bond acceptors (Lipinski definition) is 9. The monoisotopic (exact) mass is 438 g/mol. The van der Waals surface area contributed by atoms with Crippen molar-refractivity contribution in [1.29, 1.82) is 0 Å². The van der Waals surface area contributed by atoms with E-state index in [0.29, 0.717) is 0 Å². The zero-order valence-corrected chi connectivity index (χ0v) is 16.9. The van der Waals surface area contributed by atoms with Gasteiger partial charge in [0.25, 0.3) is 0 Å². The first-order chi connectivity index (χ1) is 14.6. The number of aliphatic hydroxyl groups excluding tert-OH is 2. The largest absolute Gasteiger partial charge is 0.508 e. The maximum absolute atomic E-state index is 12.8. The lowest BCUT2D eigenvalue weighted by atomic mass is 9.71. The number of aromatic hydroxyl groups is 1. The van der Waals surface area contributed by atoms with E-state index in [9.17, 15) is 35.1 Å². The average molecular weight is 438 g/mol. The third-order valence-corrected chi connectivity index (χ3v) is 6.74. The highest BCUT2D eigenvalue weighted by Gasteiger charge is 2.70. The number of phenols is 1. The Labute approximate surface area is 178 Å². The van der Waals surface area contributed by atoms with Gasteiger partial charge in [-0.1, -0.05) is 6.92 Å². The van der Waals surface area contributed by atoms with Crippen LogP contribution in [-0.4, -0.2) is 73.8 Å². The maximum atomic E-state index is 12.8. The number of aliphatic hydroxyl groups is 3. The zero-order valence-electron chi connectivity index (χ0n) is 16.9. The van der Waals surface area contributed by atoms with Gasteiger partial charge in [-0.05, 0) is 43.0 Å². The molecule has 3 fully saturated rings. The van der Waals surface area contributed by atoms with Crippen LogP contribution < -0.4 is 4.74 Å². The van der Waals surface area contributed by atoms with E-state index in [-0.39, 0.29) is 43.3 Å². The van der Waals surface area contributed by atoms with Gasteiger partial charge in [0.2, 0.25) is 0 Å². The van der Waals surface area contributed by atoms with Gasteiger partial charge in [-0.25, -0.2) is 0 Å². The molecule has 0 unspecified atom stereocenters. The van der Waals surface area contributed by atoms with Crippen LogP contribution in [0.4, 0.5) is 0 Å². The highest BCUT2D eigenvalue weighted by atomic mass is 16.7. The van der Waals surface area contributed by atoms with Gasteiger partial charge >= 0.3 is 11.9 Å². The van der Waals surface area contributed by atoms with E-state index in [1.54, 1.807) is 6.92 Å². The average Bonchev–Trinajstić information content (AvgIpc) is 2.94. The van der Waals surface area contributed by atoms with Crippen molar-refractivity contribution in [3.8, 4) is 11.5 Å². The van der Waals surface area contributed by atoms with Gasteiger partial charge in [0.05, 0.1) is 30.7 Å². The molecule has 3 aliphatic rings. The Hall–Kier alpha value is -2.24. The van der Waals surface area contributed by atoms with E-state index in [1.165, 1.54) is 24.3 Å². The summed E-state index contributed by atoms with van der Waals surface area (Å²) in [6.07, 6.45) is -4.88. The molecule has 4 rings (SSSR count). The van der Waals surface area contributed by atoms with Crippen molar-refractivity contribution >= 4 is 11.9 Å². The highest BCUT2D eigenvalue weighted by Crippen LogP contribution is 2.52. The fraction of sp³-hybridized carbons (Fsp3) is 0.619. The lowest BCUT2D eigenvalue weighted by Crippen LogP contribution is -2.63. The van der Waals surface area contributed by atoms with E-state index in [4.69, 9.17) is 14.2 Å². The van der Waals surface area contributed by atoms with Crippen molar-refractivity contribution in [1.82, 2.24) is 0 Å². The number of benzene rings is 1. The van der Waals surface area contributed by atoms with Crippen LogP contribution in [0.2, 0.25) is 0 Å². The Morgan fingerprint density at radius 2 is 1.84 bits per heavy atom. The third kappa shape index (κ3) is 3.58. The molecule has 5 N–H and O–H groups in total. The summed E-state index contributed by atoms with van der Waals surface area (Å²) in [6.45, 7) is 1.79. The van der Waals surface area contributed by atoms with Crippen LogP contribution in [-0.2, 0) is 19.1 Å². The lowest BCUT2D eigenvalue weighted by Gasteiger charge is -2.43. The van der Waals surface area contributed by atoms with Gasteiger partial charge < -0.3 is 39.7 Å². The Kier molecular flexibility index (Phi) is 5.47. The Balaban J connectivity index is 1.55. The molecule has 10 heteroatoms. The summed E-state index contributed by atoms with van der Waals surface area (Å²) in [4.78, 5) is 24.2. The minimum atomic E-state index is -2.11. The fourth-order valence-electron chi connectivity index (χ4n) is 4.83. The molecule has 0 radical (unpaired) electrons. The summed E-state index contributed by atoms with van der Waals surface area (Å²) in [6, 6.07) is 5.63. The summed E-state index contributed by atoms with van der Waals surface area (Å²) in [5.41, 5.74) is -2.11. The first-order valence-corrected chi connectivity index (χ1v) is 10.2. The normalized spacial score (nSPS) is 42.2. The van der Waals surface area contributed by atoms with Gasteiger partial charge in [0.1, 0.15) is 23.2 Å². The van der Waals surface area contributed by atoms with Crippen LogP contribution in [0, 0.1) is 17.8 Å². The Bertz CT molecular complexity index is 856. The number of carbonyl (C=O) groups is 2. The molecular weight excluding hydrogens is 412 g/mol. The van der Waals surface area contributed by atoms with Crippen LogP contribution >= 0.6 is 0 Å². The van der Waals surface area contributed by atoms with Crippen LogP contribution in [0.3, 0.4) is 0 Å². The predicted molar refractivity (Wildman–Crippen MR) is 102 cm³/mol. The van der Waals surface area contributed by atoms with Gasteiger partial charge in [-0.15, -0.1) is 0 Å². The molecule has 1 saturated carbocycles. The van der Waals surface area contributed by atoms with Crippen LogP contribution in [0.1, 0.15) is 26.2 Å². The SMILES string of the molecule is C[C@H]1CO[C@@]2(C[C@H]1C(=O)Oc1ccc(O)cc1)O[C@@H]1C[C@@H](C(=O)O)C[C@H](O)[C@]1(O)[C@H]2O. The van der Waals surface area contributed by atoms with Gasteiger partial charge in [0.15, 0.2) is 5.79 Å². The first kappa shape index (κ1) is 22.0. The number of fused-ring (bicyclic) bond motifs is 1. The van der Waals surface area contributed by atoms with Crippen molar-refractivity contribution in [2.24, 2.45) is 17.8 Å². The summed E-state index contributed by atoms with van der Waals surface area (Å²) in [5, 5.41) is 51.2. The molecule has 2 heterocycles. The quantitative estimate of drug-likeness (QED) is 0.321. The highest BCUT2D eigenvalue weighted by molar-refractivity contribution is 5.75. The summed E-state index contributed by atoms with van der Waals surface area (Å²) in [7, 11) is 0. The molecule has 8 atom stereocenters.